The molecule has 1 saturated heterocycles. The van der Waals surface area contributed by atoms with Crippen molar-refractivity contribution in [1.82, 2.24) is 10.6 Å². The number of nitrogens with zero attached hydrogens (tertiary/aromatic N) is 2. The summed E-state index contributed by atoms with van der Waals surface area (Å²) in [6, 6.07) is 9.11. The molecule has 2 N–H and O–H groups in total. The van der Waals surface area contributed by atoms with Crippen molar-refractivity contribution in [1.29, 1.82) is 0 Å². The zero-order valence-electron chi connectivity index (χ0n) is 17.5. The minimum atomic E-state index is 0. The van der Waals surface area contributed by atoms with E-state index in [-0.39, 0.29) is 30.0 Å². The first-order valence-corrected chi connectivity index (χ1v) is 10.7. The van der Waals surface area contributed by atoms with Gasteiger partial charge >= 0.3 is 0 Å². The zero-order chi connectivity index (χ0) is 18.9. The number of hydrogen-bond donors (Lipinski definition) is 2. The maximum absolute atomic E-state index is 5.93. The molecular weight excluding hydrogens is 463 g/mol. The number of hydrogen-bond acceptors (Lipinski definition) is 3. The summed E-state index contributed by atoms with van der Waals surface area (Å²) in [7, 11) is 1.83. The summed E-state index contributed by atoms with van der Waals surface area (Å²) in [5.74, 6) is 0.856. The van der Waals surface area contributed by atoms with E-state index in [0.717, 1.165) is 25.5 Å². The Labute approximate surface area is 187 Å². The number of guanidine groups is 1. The van der Waals surface area contributed by atoms with Crippen molar-refractivity contribution < 1.29 is 4.74 Å². The summed E-state index contributed by atoms with van der Waals surface area (Å²) in [5, 5.41) is 6.93. The normalized spacial score (nSPS) is 18.8. The monoisotopic (exact) mass is 500 g/mol. The molecule has 0 radical (unpaired) electrons. The Balaban J connectivity index is 0.00000280. The Bertz CT molecular complexity index is 598. The van der Waals surface area contributed by atoms with E-state index in [4.69, 9.17) is 4.74 Å². The Morgan fingerprint density at radius 1 is 1.21 bits per heavy atom. The molecule has 0 bridgehead atoms. The third-order valence-corrected chi connectivity index (χ3v) is 5.69. The molecule has 28 heavy (non-hydrogen) atoms. The van der Waals surface area contributed by atoms with Crippen LogP contribution in [-0.4, -0.2) is 45.4 Å². The number of rotatable bonds is 8. The summed E-state index contributed by atoms with van der Waals surface area (Å²) in [4.78, 5) is 6.85. The van der Waals surface area contributed by atoms with Crippen LogP contribution < -0.4 is 15.5 Å². The molecule has 1 atom stereocenters. The van der Waals surface area contributed by atoms with Crippen LogP contribution in [-0.2, 0) is 4.74 Å². The van der Waals surface area contributed by atoms with Crippen LogP contribution in [0.1, 0.15) is 63.5 Å². The summed E-state index contributed by atoms with van der Waals surface area (Å²) in [6.45, 7) is 6.27. The second-order valence-electron chi connectivity index (χ2n) is 7.78. The van der Waals surface area contributed by atoms with E-state index in [2.05, 4.69) is 51.7 Å². The molecule has 1 saturated carbocycles. The lowest BCUT2D eigenvalue weighted by molar-refractivity contribution is 0.0574. The van der Waals surface area contributed by atoms with E-state index in [1.807, 2.05) is 7.05 Å². The number of aliphatic imine (C=N–C) groups is 1. The molecule has 2 fully saturated rings. The lowest BCUT2D eigenvalue weighted by Crippen LogP contribution is -2.39. The molecule has 0 spiro atoms. The largest absolute Gasteiger partial charge is 0.378 e. The van der Waals surface area contributed by atoms with Gasteiger partial charge in [-0.2, -0.15) is 0 Å². The Hall–Kier alpha value is -1.02. The molecule has 1 aliphatic heterocycles. The second kappa shape index (κ2) is 12.5. The van der Waals surface area contributed by atoms with Gasteiger partial charge in [0.25, 0.3) is 0 Å². The topological polar surface area (TPSA) is 48.9 Å². The van der Waals surface area contributed by atoms with Crippen molar-refractivity contribution in [2.75, 3.05) is 38.2 Å². The van der Waals surface area contributed by atoms with Gasteiger partial charge in [0.05, 0.1) is 12.1 Å². The van der Waals surface area contributed by atoms with Crippen LogP contribution in [0.5, 0.6) is 0 Å². The molecule has 5 nitrogen and oxygen atoms in total. The summed E-state index contributed by atoms with van der Waals surface area (Å²) in [6.07, 6.45) is 9.26. The smallest absolute Gasteiger partial charge is 0.191 e. The quantitative estimate of drug-likeness (QED) is 0.239. The van der Waals surface area contributed by atoms with Crippen molar-refractivity contribution in [3.63, 3.8) is 0 Å². The van der Waals surface area contributed by atoms with Crippen LogP contribution in [0.3, 0.4) is 0 Å². The molecule has 6 heteroatoms. The fourth-order valence-electron chi connectivity index (χ4n) is 4.03. The van der Waals surface area contributed by atoms with Gasteiger partial charge in [-0.15, -0.1) is 24.0 Å². The molecule has 158 valence electrons. The standard InChI is InChI=1S/C22H36N4O.HI/c1-18(19-9-7-10-20(17-19)26-14-5-6-15-26)25-22(23-2)24-13-8-16-27-21-11-3-4-12-21;/h7,9-10,17-18,21H,3-6,8,11-16H2,1-2H3,(H2,23,24,25);1H. The molecular formula is C22H37IN4O. The van der Waals surface area contributed by atoms with Gasteiger partial charge in [0.1, 0.15) is 0 Å². The summed E-state index contributed by atoms with van der Waals surface area (Å²) >= 11 is 0. The number of nitrogens with one attached hydrogen (secondary N) is 2. The lowest BCUT2D eigenvalue weighted by Gasteiger charge is -2.22. The molecule has 1 aromatic rings. The average molecular weight is 500 g/mol. The first kappa shape index (κ1) is 23.3. The Morgan fingerprint density at radius 3 is 2.68 bits per heavy atom. The van der Waals surface area contributed by atoms with Gasteiger partial charge in [-0.25, -0.2) is 0 Å². The van der Waals surface area contributed by atoms with Crippen molar-refractivity contribution in [2.24, 2.45) is 4.99 Å². The first-order chi connectivity index (χ1) is 13.3. The van der Waals surface area contributed by atoms with E-state index in [9.17, 15) is 0 Å². The second-order valence-corrected chi connectivity index (χ2v) is 7.78. The zero-order valence-corrected chi connectivity index (χ0v) is 19.8. The van der Waals surface area contributed by atoms with Gasteiger partial charge in [0.15, 0.2) is 5.96 Å². The van der Waals surface area contributed by atoms with Crippen molar-refractivity contribution in [2.45, 2.75) is 64.0 Å². The van der Waals surface area contributed by atoms with E-state index in [0.29, 0.717) is 6.10 Å². The van der Waals surface area contributed by atoms with Gasteiger partial charge < -0.3 is 20.3 Å². The van der Waals surface area contributed by atoms with Gasteiger partial charge in [-0.3, -0.25) is 4.99 Å². The average Bonchev–Trinajstić information content (AvgIpc) is 3.41. The predicted octanol–water partition coefficient (Wildman–Crippen LogP) is 4.48. The van der Waals surface area contributed by atoms with Crippen LogP contribution in [0.4, 0.5) is 5.69 Å². The van der Waals surface area contributed by atoms with E-state index >= 15 is 0 Å². The van der Waals surface area contributed by atoms with Gasteiger partial charge in [0.2, 0.25) is 0 Å². The van der Waals surface area contributed by atoms with Crippen LogP contribution in [0.2, 0.25) is 0 Å². The number of halogens is 1. The highest BCUT2D eigenvalue weighted by Crippen LogP contribution is 2.24. The van der Waals surface area contributed by atoms with Crippen LogP contribution in [0.25, 0.3) is 0 Å². The molecule has 2 aliphatic rings. The maximum Gasteiger partial charge on any atom is 0.191 e. The Morgan fingerprint density at radius 2 is 1.96 bits per heavy atom. The number of ether oxygens (including phenoxy) is 1. The van der Waals surface area contributed by atoms with E-state index in [1.165, 1.54) is 62.9 Å². The molecule has 1 aromatic carbocycles. The maximum atomic E-state index is 5.93. The molecule has 0 amide bonds. The number of anilines is 1. The fraction of sp³-hybridized carbons (Fsp3) is 0.682. The highest BCUT2D eigenvalue weighted by Gasteiger charge is 2.15. The highest BCUT2D eigenvalue weighted by atomic mass is 127. The van der Waals surface area contributed by atoms with Gasteiger partial charge in [-0.1, -0.05) is 25.0 Å². The first-order valence-electron chi connectivity index (χ1n) is 10.7. The third-order valence-electron chi connectivity index (χ3n) is 5.69. The minimum Gasteiger partial charge on any atom is -0.378 e. The Kier molecular flexibility index (Phi) is 10.4. The summed E-state index contributed by atoms with van der Waals surface area (Å²) in [5.41, 5.74) is 2.64. The minimum absolute atomic E-state index is 0. The molecule has 1 aliphatic carbocycles. The number of benzene rings is 1. The molecule has 1 heterocycles. The highest BCUT2D eigenvalue weighted by molar-refractivity contribution is 14.0. The summed E-state index contributed by atoms with van der Waals surface area (Å²) < 4.78 is 5.93. The third kappa shape index (κ3) is 7.10. The van der Waals surface area contributed by atoms with Crippen molar-refractivity contribution >= 4 is 35.6 Å². The molecule has 1 unspecified atom stereocenters. The van der Waals surface area contributed by atoms with Crippen molar-refractivity contribution in [3.05, 3.63) is 29.8 Å². The van der Waals surface area contributed by atoms with Crippen molar-refractivity contribution in [3.8, 4) is 0 Å². The van der Waals surface area contributed by atoms with Gasteiger partial charge in [-0.05, 0) is 56.7 Å². The van der Waals surface area contributed by atoms with E-state index in [1.54, 1.807) is 0 Å². The molecule has 0 aromatic heterocycles. The van der Waals surface area contributed by atoms with Gasteiger partial charge in [0, 0.05) is 39.0 Å². The van der Waals surface area contributed by atoms with Crippen LogP contribution in [0, 0.1) is 0 Å². The lowest BCUT2D eigenvalue weighted by atomic mass is 10.1. The molecule has 3 rings (SSSR count). The van der Waals surface area contributed by atoms with E-state index < -0.39 is 0 Å². The van der Waals surface area contributed by atoms with Crippen LogP contribution >= 0.6 is 24.0 Å². The SMILES string of the molecule is CN=C(NCCCOC1CCCC1)NC(C)c1cccc(N2CCCC2)c1.I. The van der Waals surface area contributed by atoms with Crippen LogP contribution in [0.15, 0.2) is 29.3 Å². The fourth-order valence-corrected chi connectivity index (χ4v) is 4.03. The predicted molar refractivity (Wildman–Crippen MR) is 129 cm³/mol.